The third kappa shape index (κ3) is 4.41. The van der Waals surface area contributed by atoms with Crippen molar-refractivity contribution in [3.63, 3.8) is 0 Å². The highest BCUT2D eigenvalue weighted by Gasteiger charge is 2.53. The van der Waals surface area contributed by atoms with E-state index in [1.807, 2.05) is 0 Å². The van der Waals surface area contributed by atoms with Crippen LogP contribution >= 0.6 is 0 Å². The number of alkyl carbamates (subject to hydrolysis) is 1. The fourth-order valence-corrected chi connectivity index (χ4v) is 4.72. The molecule has 0 heterocycles. The maximum Gasteiger partial charge on any atom is 0.408 e. The van der Waals surface area contributed by atoms with E-state index in [0.29, 0.717) is 18.3 Å². The van der Waals surface area contributed by atoms with E-state index in [9.17, 15) is 19.8 Å². The molecule has 2 rings (SSSR count). The van der Waals surface area contributed by atoms with Crippen LogP contribution in [0, 0.1) is 17.3 Å². The molecule has 6 nitrogen and oxygen atoms in total. The van der Waals surface area contributed by atoms with Crippen LogP contribution in [0.1, 0.15) is 66.2 Å². The van der Waals surface area contributed by atoms with Gasteiger partial charge in [-0.2, -0.15) is 0 Å². The van der Waals surface area contributed by atoms with E-state index in [4.69, 9.17) is 4.74 Å². The second kappa shape index (κ2) is 6.90. The van der Waals surface area contributed by atoms with Crippen LogP contribution in [0.5, 0.6) is 0 Å². The predicted octanol–water partition coefficient (Wildman–Crippen LogP) is 2.93. The average molecular weight is 341 g/mol. The summed E-state index contributed by atoms with van der Waals surface area (Å²) in [4.78, 5) is 24.1. The Morgan fingerprint density at radius 1 is 1.25 bits per heavy atom. The molecule has 0 radical (unpaired) electrons. The highest BCUT2D eigenvalue weighted by molar-refractivity contribution is 5.81. The standard InChI is InChI=1S/C18H31NO5/c1-5-11-6-12-7-13(20)10-18(8-11,9-12)14(15(21)22)19-16(23)24-17(2,3)4/h11-14,20H,5-10H2,1-4H3,(H,19,23)(H,21,22). The largest absolute Gasteiger partial charge is 0.480 e. The van der Waals surface area contributed by atoms with Gasteiger partial charge < -0.3 is 20.3 Å². The third-order valence-corrected chi connectivity index (χ3v) is 5.40. The molecule has 0 spiro atoms. The lowest BCUT2D eigenvalue weighted by Crippen LogP contribution is -2.58. The normalized spacial score (nSPS) is 34.3. The molecule has 0 saturated heterocycles. The summed E-state index contributed by atoms with van der Waals surface area (Å²) in [5.74, 6) is -0.279. The van der Waals surface area contributed by atoms with Crippen LogP contribution in [-0.4, -0.2) is 40.0 Å². The maximum absolute atomic E-state index is 12.1. The van der Waals surface area contributed by atoms with Crippen molar-refractivity contribution in [2.45, 2.75) is 84.0 Å². The molecule has 2 saturated carbocycles. The zero-order chi connectivity index (χ0) is 18.1. The number of hydrogen-bond acceptors (Lipinski definition) is 4. The molecule has 6 heteroatoms. The van der Waals surface area contributed by atoms with Gasteiger partial charge in [-0.1, -0.05) is 13.3 Å². The average Bonchev–Trinajstić information content (AvgIpc) is 2.40. The Morgan fingerprint density at radius 3 is 2.46 bits per heavy atom. The van der Waals surface area contributed by atoms with Gasteiger partial charge in [0.2, 0.25) is 0 Å². The van der Waals surface area contributed by atoms with Gasteiger partial charge in [-0.15, -0.1) is 0 Å². The van der Waals surface area contributed by atoms with Gasteiger partial charge in [-0.05, 0) is 64.7 Å². The number of rotatable bonds is 4. The number of fused-ring (bicyclic) bond motifs is 2. The van der Waals surface area contributed by atoms with Crippen LogP contribution in [0.4, 0.5) is 4.79 Å². The SMILES string of the molecule is CCC1CC2CC(O)CC(C(NC(=O)OC(C)(C)C)C(=O)O)(C1)C2. The first-order chi connectivity index (χ1) is 11.0. The van der Waals surface area contributed by atoms with Gasteiger partial charge in [0, 0.05) is 5.41 Å². The van der Waals surface area contributed by atoms with Crippen molar-refractivity contribution in [3.8, 4) is 0 Å². The van der Waals surface area contributed by atoms with Crippen LogP contribution in [0.15, 0.2) is 0 Å². The van der Waals surface area contributed by atoms with Crippen LogP contribution in [-0.2, 0) is 9.53 Å². The minimum Gasteiger partial charge on any atom is -0.480 e. The van der Waals surface area contributed by atoms with Gasteiger partial charge in [0.1, 0.15) is 11.6 Å². The Balaban J connectivity index is 2.23. The van der Waals surface area contributed by atoms with E-state index in [0.717, 1.165) is 32.1 Å². The molecular formula is C18H31NO5. The molecule has 1 amide bonds. The lowest BCUT2D eigenvalue weighted by molar-refractivity contribution is -0.149. The fourth-order valence-electron chi connectivity index (χ4n) is 4.72. The van der Waals surface area contributed by atoms with E-state index < -0.39 is 35.2 Å². The van der Waals surface area contributed by atoms with Crippen molar-refractivity contribution < 1.29 is 24.5 Å². The van der Waals surface area contributed by atoms with Crippen molar-refractivity contribution in [2.75, 3.05) is 0 Å². The zero-order valence-electron chi connectivity index (χ0n) is 15.2. The molecule has 0 aliphatic heterocycles. The molecule has 24 heavy (non-hydrogen) atoms. The maximum atomic E-state index is 12.1. The molecule has 0 aromatic carbocycles. The summed E-state index contributed by atoms with van der Waals surface area (Å²) >= 11 is 0. The molecule has 3 N–H and O–H groups in total. The molecule has 2 fully saturated rings. The second-order valence-electron chi connectivity index (χ2n) is 8.66. The van der Waals surface area contributed by atoms with E-state index >= 15 is 0 Å². The summed E-state index contributed by atoms with van der Waals surface area (Å²) in [5.41, 5.74) is -1.28. The first-order valence-electron chi connectivity index (χ1n) is 8.95. The Morgan fingerprint density at radius 2 is 1.92 bits per heavy atom. The number of aliphatic hydroxyl groups is 1. The summed E-state index contributed by atoms with van der Waals surface area (Å²) in [5, 5.41) is 22.6. The summed E-state index contributed by atoms with van der Waals surface area (Å²) < 4.78 is 5.25. The Hall–Kier alpha value is -1.30. The van der Waals surface area contributed by atoms with Gasteiger partial charge in [-0.3, -0.25) is 0 Å². The van der Waals surface area contributed by atoms with Gasteiger partial charge in [0.25, 0.3) is 0 Å². The molecule has 5 atom stereocenters. The first kappa shape index (κ1) is 19.0. The number of aliphatic hydroxyl groups excluding tert-OH is 1. The van der Waals surface area contributed by atoms with Crippen molar-refractivity contribution >= 4 is 12.1 Å². The molecule has 0 aromatic rings. The van der Waals surface area contributed by atoms with Crippen LogP contribution in [0.3, 0.4) is 0 Å². The van der Waals surface area contributed by atoms with Crippen molar-refractivity contribution in [2.24, 2.45) is 17.3 Å². The minimum atomic E-state index is -1.05. The Labute approximate surface area is 144 Å². The molecule has 5 unspecified atom stereocenters. The Kier molecular flexibility index (Phi) is 5.47. The summed E-state index contributed by atoms with van der Waals surface area (Å²) in [7, 11) is 0. The van der Waals surface area contributed by atoms with Gasteiger partial charge in [0.15, 0.2) is 0 Å². The number of nitrogens with one attached hydrogen (secondary N) is 1. The Bertz CT molecular complexity index is 482. The van der Waals surface area contributed by atoms with Crippen LogP contribution in [0.2, 0.25) is 0 Å². The van der Waals surface area contributed by atoms with E-state index in [2.05, 4.69) is 12.2 Å². The van der Waals surface area contributed by atoms with Crippen molar-refractivity contribution in [1.82, 2.24) is 5.32 Å². The summed E-state index contributed by atoms with van der Waals surface area (Å²) in [6.07, 6.45) is 3.45. The molecule has 2 aliphatic carbocycles. The number of carboxylic acid groups (broad SMARTS) is 1. The number of aliphatic carboxylic acids is 1. The lowest BCUT2D eigenvalue weighted by Gasteiger charge is -2.52. The second-order valence-corrected chi connectivity index (χ2v) is 8.66. The monoisotopic (exact) mass is 341 g/mol. The number of carbonyl (C=O) groups is 2. The number of carboxylic acids is 1. The third-order valence-electron chi connectivity index (χ3n) is 5.40. The van der Waals surface area contributed by atoms with E-state index in [1.54, 1.807) is 20.8 Å². The molecular weight excluding hydrogens is 310 g/mol. The number of carbonyl (C=O) groups excluding carboxylic acids is 1. The van der Waals surface area contributed by atoms with Gasteiger partial charge in [0.05, 0.1) is 6.10 Å². The molecule has 0 aromatic heterocycles. The quantitative estimate of drug-likeness (QED) is 0.730. The number of ether oxygens (including phenoxy) is 1. The number of hydrogen-bond donors (Lipinski definition) is 3. The highest BCUT2D eigenvalue weighted by atomic mass is 16.6. The van der Waals surface area contributed by atoms with Crippen molar-refractivity contribution in [3.05, 3.63) is 0 Å². The van der Waals surface area contributed by atoms with E-state index in [-0.39, 0.29) is 0 Å². The molecule has 138 valence electrons. The van der Waals surface area contributed by atoms with E-state index in [1.165, 1.54) is 0 Å². The topological polar surface area (TPSA) is 95.9 Å². The lowest BCUT2D eigenvalue weighted by atomic mass is 9.55. The first-order valence-corrected chi connectivity index (χ1v) is 8.95. The van der Waals surface area contributed by atoms with Crippen LogP contribution in [0.25, 0.3) is 0 Å². The summed E-state index contributed by atoms with van der Waals surface area (Å²) in [6.45, 7) is 7.35. The van der Waals surface area contributed by atoms with Crippen molar-refractivity contribution in [1.29, 1.82) is 0 Å². The summed E-state index contributed by atoms with van der Waals surface area (Å²) in [6, 6.07) is -1.03. The zero-order valence-corrected chi connectivity index (χ0v) is 15.2. The number of amides is 1. The highest BCUT2D eigenvalue weighted by Crippen LogP contribution is 2.53. The smallest absolute Gasteiger partial charge is 0.408 e. The van der Waals surface area contributed by atoms with Gasteiger partial charge >= 0.3 is 12.1 Å². The minimum absolute atomic E-state index is 0.328. The van der Waals surface area contributed by atoms with Gasteiger partial charge in [-0.25, -0.2) is 9.59 Å². The van der Waals surface area contributed by atoms with Crippen LogP contribution < -0.4 is 5.32 Å². The fraction of sp³-hybridized carbons (Fsp3) is 0.889. The predicted molar refractivity (Wildman–Crippen MR) is 89.6 cm³/mol. The molecule has 2 aliphatic rings. The molecule has 2 bridgehead atoms.